The maximum Gasteiger partial charge on any atom is 0.326 e. The predicted octanol–water partition coefficient (Wildman–Crippen LogP) is 5.06. The summed E-state index contributed by atoms with van der Waals surface area (Å²) in [4.78, 5) is 43.5. The van der Waals surface area contributed by atoms with Crippen molar-refractivity contribution in [3.8, 4) is 0 Å². The molecule has 0 aliphatic carbocycles. The summed E-state index contributed by atoms with van der Waals surface area (Å²) in [7, 11) is 0. The Bertz CT molecular complexity index is 1560. The minimum atomic E-state index is -1.09. The molecule has 2 heterocycles. The standard InChI is InChI=1S/C30H28ClN3O4/c1-17-13-21-16-34(29(36)19-7-9-22(31)10-8-19)12-11-23(21)18(2)27(17)28(35)33-26(30(37)38)14-20-15-32-25-6-4-3-5-24(20)25/h3-10,13,15,26,32H,11-12,14,16H2,1-2H3,(H,33,35)(H,37,38)/t26-/m0/s1. The van der Waals surface area contributed by atoms with Crippen molar-refractivity contribution in [2.75, 3.05) is 6.54 Å². The lowest BCUT2D eigenvalue weighted by atomic mass is 9.88. The fourth-order valence-electron chi connectivity index (χ4n) is 5.38. The molecule has 0 spiro atoms. The zero-order chi connectivity index (χ0) is 27.0. The number of amides is 2. The summed E-state index contributed by atoms with van der Waals surface area (Å²) in [5, 5.41) is 14.2. The second-order valence-electron chi connectivity index (χ2n) is 9.74. The van der Waals surface area contributed by atoms with Gasteiger partial charge in [-0.25, -0.2) is 4.79 Å². The highest BCUT2D eigenvalue weighted by Gasteiger charge is 2.28. The molecule has 3 aromatic carbocycles. The quantitative estimate of drug-likeness (QED) is 0.325. The molecular formula is C30H28ClN3O4. The molecule has 1 atom stereocenters. The summed E-state index contributed by atoms with van der Waals surface area (Å²) >= 11 is 5.96. The van der Waals surface area contributed by atoms with E-state index >= 15 is 0 Å². The van der Waals surface area contributed by atoms with Gasteiger partial charge in [-0.15, -0.1) is 0 Å². The molecule has 38 heavy (non-hydrogen) atoms. The van der Waals surface area contributed by atoms with E-state index in [9.17, 15) is 19.5 Å². The number of aliphatic carboxylic acids is 1. The van der Waals surface area contributed by atoms with Crippen LogP contribution in [0.15, 0.2) is 60.8 Å². The number of nitrogens with one attached hydrogen (secondary N) is 2. The SMILES string of the molecule is Cc1cc2c(c(C)c1C(=O)N[C@@H](Cc1c[nH]c3ccccc13)C(=O)O)CCN(C(=O)c1ccc(Cl)cc1)C2. The van der Waals surface area contributed by atoms with Gasteiger partial charge in [0.25, 0.3) is 11.8 Å². The molecule has 0 unspecified atom stereocenters. The van der Waals surface area contributed by atoms with Crippen LogP contribution in [0.1, 0.15) is 48.5 Å². The smallest absolute Gasteiger partial charge is 0.326 e. The third-order valence-corrected chi connectivity index (χ3v) is 7.55. The van der Waals surface area contributed by atoms with Gasteiger partial charge in [-0.1, -0.05) is 35.9 Å². The van der Waals surface area contributed by atoms with Crippen molar-refractivity contribution in [3.63, 3.8) is 0 Å². The molecule has 1 aliphatic heterocycles. The molecule has 0 saturated heterocycles. The lowest BCUT2D eigenvalue weighted by Gasteiger charge is -2.31. The summed E-state index contributed by atoms with van der Waals surface area (Å²) in [6.07, 6.45) is 2.56. The molecule has 1 aliphatic rings. The van der Waals surface area contributed by atoms with Crippen LogP contribution in [-0.2, 0) is 24.2 Å². The fraction of sp³-hybridized carbons (Fsp3) is 0.233. The normalized spacial score (nSPS) is 13.7. The summed E-state index contributed by atoms with van der Waals surface area (Å²) < 4.78 is 0. The van der Waals surface area contributed by atoms with Crippen LogP contribution in [0, 0.1) is 13.8 Å². The third-order valence-electron chi connectivity index (χ3n) is 7.30. The minimum absolute atomic E-state index is 0.0639. The first-order chi connectivity index (χ1) is 18.2. The Labute approximate surface area is 225 Å². The van der Waals surface area contributed by atoms with Gasteiger partial charge in [-0.2, -0.15) is 0 Å². The Balaban J connectivity index is 1.36. The van der Waals surface area contributed by atoms with E-state index in [0.29, 0.717) is 35.7 Å². The fourth-order valence-corrected chi connectivity index (χ4v) is 5.50. The van der Waals surface area contributed by atoms with E-state index in [0.717, 1.165) is 38.7 Å². The van der Waals surface area contributed by atoms with Crippen molar-refractivity contribution >= 4 is 40.3 Å². The number of rotatable bonds is 6. The van der Waals surface area contributed by atoms with E-state index in [2.05, 4.69) is 10.3 Å². The summed E-state index contributed by atoms with van der Waals surface area (Å²) in [5.41, 5.74) is 6.43. The van der Waals surface area contributed by atoms with Crippen molar-refractivity contribution in [1.82, 2.24) is 15.2 Å². The predicted molar refractivity (Wildman–Crippen MR) is 147 cm³/mol. The minimum Gasteiger partial charge on any atom is -0.480 e. The van der Waals surface area contributed by atoms with E-state index in [4.69, 9.17) is 11.6 Å². The van der Waals surface area contributed by atoms with Gasteiger partial charge < -0.3 is 20.3 Å². The number of carbonyl (C=O) groups excluding carboxylic acids is 2. The molecule has 0 radical (unpaired) electrons. The Hall–Kier alpha value is -4.10. The number of benzene rings is 3. The number of aryl methyl sites for hydroxylation is 1. The summed E-state index contributed by atoms with van der Waals surface area (Å²) in [5.74, 6) is -1.56. The summed E-state index contributed by atoms with van der Waals surface area (Å²) in [6.45, 7) is 4.71. The molecule has 0 saturated carbocycles. The van der Waals surface area contributed by atoms with E-state index in [1.807, 2.05) is 44.2 Å². The molecule has 0 fully saturated rings. The third kappa shape index (κ3) is 4.89. The molecule has 1 aromatic heterocycles. The van der Waals surface area contributed by atoms with Crippen molar-refractivity contribution in [1.29, 1.82) is 0 Å². The van der Waals surface area contributed by atoms with Crippen LogP contribution >= 0.6 is 11.6 Å². The number of hydrogen-bond donors (Lipinski definition) is 3. The van der Waals surface area contributed by atoms with Crippen LogP contribution in [0.4, 0.5) is 0 Å². The van der Waals surface area contributed by atoms with Gasteiger partial charge in [0.1, 0.15) is 6.04 Å². The highest BCUT2D eigenvalue weighted by molar-refractivity contribution is 6.30. The van der Waals surface area contributed by atoms with E-state index in [1.54, 1.807) is 35.4 Å². The highest BCUT2D eigenvalue weighted by Crippen LogP contribution is 2.29. The average Bonchev–Trinajstić information content (AvgIpc) is 3.30. The Morgan fingerprint density at radius 2 is 1.84 bits per heavy atom. The van der Waals surface area contributed by atoms with Crippen LogP contribution in [-0.4, -0.2) is 45.4 Å². The van der Waals surface area contributed by atoms with Crippen molar-refractivity contribution in [3.05, 3.63) is 105 Å². The molecule has 7 nitrogen and oxygen atoms in total. The largest absolute Gasteiger partial charge is 0.480 e. The molecule has 5 rings (SSSR count). The number of carboxylic acid groups (broad SMARTS) is 1. The Morgan fingerprint density at radius 3 is 2.58 bits per heavy atom. The zero-order valence-corrected chi connectivity index (χ0v) is 21.9. The van der Waals surface area contributed by atoms with E-state index < -0.39 is 17.9 Å². The number of nitrogens with zero attached hydrogens (tertiary/aromatic N) is 1. The maximum atomic E-state index is 13.4. The van der Waals surface area contributed by atoms with Crippen molar-refractivity contribution in [2.24, 2.45) is 0 Å². The van der Waals surface area contributed by atoms with Crippen LogP contribution in [0.25, 0.3) is 10.9 Å². The van der Waals surface area contributed by atoms with E-state index in [1.165, 1.54) is 0 Å². The van der Waals surface area contributed by atoms with Gasteiger partial charge in [0.15, 0.2) is 0 Å². The van der Waals surface area contributed by atoms with Gasteiger partial charge in [0.05, 0.1) is 0 Å². The number of para-hydroxylation sites is 1. The van der Waals surface area contributed by atoms with Gasteiger partial charge in [0.2, 0.25) is 0 Å². The first-order valence-corrected chi connectivity index (χ1v) is 12.9. The maximum absolute atomic E-state index is 13.4. The number of carbonyl (C=O) groups is 3. The Kier molecular flexibility index (Phi) is 6.95. The Morgan fingerprint density at radius 1 is 1.11 bits per heavy atom. The number of aromatic amines is 1. The van der Waals surface area contributed by atoms with Crippen molar-refractivity contribution < 1.29 is 19.5 Å². The molecule has 2 amide bonds. The van der Waals surface area contributed by atoms with Crippen molar-refractivity contribution in [2.45, 2.75) is 39.3 Å². The van der Waals surface area contributed by atoms with Gasteiger partial charge in [-0.3, -0.25) is 9.59 Å². The highest BCUT2D eigenvalue weighted by atomic mass is 35.5. The van der Waals surface area contributed by atoms with E-state index in [-0.39, 0.29) is 12.3 Å². The molecule has 4 aromatic rings. The lowest BCUT2D eigenvalue weighted by molar-refractivity contribution is -0.139. The molecule has 8 heteroatoms. The molecule has 3 N–H and O–H groups in total. The number of carboxylic acids is 1. The first-order valence-electron chi connectivity index (χ1n) is 12.5. The van der Waals surface area contributed by atoms with Gasteiger partial charge in [0, 0.05) is 52.8 Å². The first kappa shape index (κ1) is 25.5. The van der Waals surface area contributed by atoms with Gasteiger partial charge >= 0.3 is 5.97 Å². The zero-order valence-electron chi connectivity index (χ0n) is 21.2. The number of halogens is 1. The second-order valence-corrected chi connectivity index (χ2v) is 10.2. The molecule has 0 bridgehead atoms. The number of H-pyrrole nitrogens is 1. The lowest BCUT2D eigenvalue weighted by Crippen LogP contribution is -2.43. The number of aromatic nitrogens is 1. The number of fused-ring (bicyclic) bond motifs is 2. The monoisotopic (exact) mass is 529 g/mol. The second kappa shape index (κ2) is 10.3. The topological polar surface area (TPSA) is 102 Å². The van der Waals surface area contributed by atoms with Crippen LogP contribution < -0.4 is 5.32 Å². The average molecular weight is 530 g/mol. The van der Waals surface area contributed by atoms with Crippen LogP contribution in [0.2, 0.25) is 5.02 Å². The molecule has 194 valence electrons. The number of hydrogen-bond acceptors (Lipinski definition) is 3. The van der Waals surface area contributed by atoms with Gasteiger partial charge in [-0.05, 0) is 78.4 Å². The summed E-state index contributed by atoms with van der Waals surface area (Å²) in [6, 6.07) is 15.4. The molecular weight excluding hydrogens is 502 g/mol. The van der Waals surface area contributed by atoms with Crippen LogP contribution in [0.3, 0.4) is 0 Å². The van der Waals surface area contributed by atoms with Crippen LogP contribution in [0.5, 0.6) is 0 Å².